The average molecular weight is 365 g/mol. The van der Waals surface area contributed by atoms with E-state index in [1.807, 2.05) is 6.07 Å². The first-order chi connectivity index (χ1) is 13.1. The number of imide groups is 1. The molecule has 2 aromatic heterocycles. The van der Waals surface area contributed by atoms with Gasteiger partial charge in [0.25, 0.3) is 5.91 Å². The number of nitrogens with one attached hydrogen (secondary N) is 4. The quantitative estimate of drug-likeness (QED) is 0.507. The van der Waals surface area contributed by atoms with Crippen LogP contribution in [0.1, 0.15) is 34.8 Å². The number of nitrogens with zero attached hydrogens (tertiary/aromatic N) is 3. The lowest BCUT2D eigenvalue weighted by Crippen LogP contribution is -2.37. The number of aromatic nitrogens is 5. The molecular formula is C17H15N7O3. The van der Waals surface area contributed by atoms with Gasteiger partial charge in [0.15, 0.2) is 0 Å². The minimum Gasteiger partial charge on any atom is -0.348 e. The number of carbonyl (C=O) groups excluding carboxylic acids is 3. The van der Waals surface area contributed by atoms with Crippen molar-refractivity contribution < 1.29 is 14.4 Å². The molecule has 10 nitrogen and oxygen atoms in total. The second kappa shape index (κ2) is 6.83. The predicted molar refractivity (Wildman–Crippen MR) is 93.5 cm³/mol. The molecule has 10 heteroatoms. The van der Waals surface area contributed by atoms with Gasteiger partial charge in [0.05, 0.1) is 5.69 Å². The molecule has 1 aliphatic rings. The summed E-state index contributed by atoms with van der Waals surface area (Å²) < 4.78 is 0. The van der Waals surface area contributed by atoms with Crippen molar-refractivity contribution in [3.63, 3.8) is 0 Å². The zero-order valence-electron chi connectivity index (χ0n) is 14.0. The second-order valence-corrected chi connectivity index (χ2v) is 6.18. The lowest BCUT2D eigenvalue weighted by molar-refractivity contribution is -0.133. The fourth-order valence-electron chi connectivity index (χ4n) is 3.02. The van der Waals surface area contributed by atoms with Crippen LogP contribution >= 0.6 is 0 Å². The van der Waals surface area contributed by atoms with Gasteiger partial charge in [-0.25, -0.2) is 0 Å². The van der Waals surface area contributed by atoms with E-state index in [4.69, 9.17) is 0 Å². The highest BCUT2D eigenvalue weighted by molar-refractivity contribution is 6.03. The summed E-state index contributed by atoms with van der Waals surface area (Å²) in [4.78, 5) is 38.6. The monoisotopic (exact) mass is 365 g/mol. The topological polar surface area (TPSA) is 146 Å². The standard InChI is InChI=1S/C17H15N7O3/c25-14-7-10(8-15(26)20-14)9-2-1-3-11(6-9)18-17(27)13-5-4-12(19-13)16-21-23-24-22-16/h1-6,10,19H,7-8H2,(H,18,27)(H,20,25,26)(H,21,22,23,24). The SMILES string of the molecule is O=C1CC(c2cccc(NC(=O)c3ccc(-c4nn[nH]n4)[nH]3)c2)CC(=O)N1. The molecule has 0 aliphatic carbocycles. The number of H-pyrrole nitrogens is 2. The Balaban J connectivity index is 1.49. The number of anilines is 1. The Labute approximate surface area is 152 Å². The molecule has 0 saturated carbocycles. The van der Waals surface area contributed by atoms with Gasteiger partial charge < -0.3 is 10.3 Å². The fourth-order valence-corrected chi connectivity index (χ4v) is 3.02. The van der Waals surface area contributed by atoms with Crippen molar-refractivity contribution in [2.24, 2.45) is 0 Å². The maximum atomic E-state index is 12.5. The summed E-state index contributed by atoms with van der Waals surface area (Å²) in [6.45, 7) is 0. The van der Waals surface area contributed by atoms with Gasteiger partial charge >= 0.3 is 0 Å². The Hall–Kier alpha value is -3.82. The van der Waals surface area contributed by atoms with E-state index in [0.29, 0.717) is 22.9 Å². The van der Waals surface area contributed by atoms with Crippen LogP contribution in [-0.4, -0.2) is 43.3 Å². The lowest BCUT2D eigenvalue weighted by atomic mass is 9.89. The average Bonchev–Trinajstić information content (AvgIpc) is 3.33. The molecule has 3 heterocycles. The third-order valence-corrected chi connectivity index (χ3v) is 4.28. The van der Waals surface area contributed by atoms with Crippen molar-refractivity contribution in [1.82, 2.24) is 30.9 Å². The number of tetrazole rings is 1. The van der Waals surface area contributed by atoms with E-state index in [1.165, 1.54) is 0 Å². The number of hydrogen-bond acceptors (Lipinski definition) is 6. The van der Waals surface area contributed by atoms with Crippen LogP contribution in [0.4, 0.5) is 5.69 Å². The minimum absolute atomic E-state index is 0.196. The van der Waals surface area contributed by atoms with Gasteiger partial charge in [-0.2, -0.15) is 5.21 Å². The Morgan fingerprint density at radius 1 is 1.11 bits per heavy atom. The van der Waals surface area contributed by atoms with Crippen LogP contribution in [-0.2, 0) is 9.59 Å². The molecular weight excluding hydrogens is 350 g/mol. The van der Waals surface area contributed by atoms with Crippen LogP contribution in [0.5, 0.6) is 0 Å². The van der Waals surface area contributed by atoms with Crippen LogP contribution in [0.3, 0.4) is 0 Å². The Kier molecular flexibility index (Phi) is 4.21. The molecule has 0 bridgehead atoms. The minimum atomic E-state index is -0.334. The largest absolute Gasteiger partial charge is 0.348 e. The number of hydrogen-bond donors (Lipinski definition) is 4. The van der Waals surface area contributed by atoms with E-state index in [9.17, 15) is 14.4 Å². The van der Waals surface area contributed by atoms with E-state index < -0.39 is 0 Å². The molecule has 4 rings (SSSR count). The molecule has 0 spiro atoms. The lowest BCUT2D eigenvalue weighted by Gasteiger charge is -2.21. The highest BCUT2D eigenvalue weighted by Gasteiger charge is 2.26. The second-order valence-electron chi connectivity index (χ2n) is 6.18. The van der Waals surface area contributed by atoms with Crippen LogP contribution < -0.4 is 10.6 Å². The molecule has 0 radical (unpaired) electrons. The highest BCUT2D eigenvalue weighted by atomic mass is 16.2. The predicted octanol–water partition coefficient (Wildman–Crippen LogP) is 0.967. The molecule has 1 aliphatic heterocycles. The molecule has 136 valence electrons. The van der Waals surface area contributed by atoms with Crippen molar-refractivity contribution in [3.8, 4) is 11.5 Å². The van der Waals surface area contributed by atoms with Gasteiger partial charge in [0, 0.05) is 24.4 Å². The highest BCUT2D eigenvalue weighted by Crippen LogP contribution is 2.28. The van der Waals surface area contributed by atoms with E-state index in [2.05, 4.69) is 36.2 Å². The summed E-state index contributed by atoms with van der Waals surface area (Å²) in [5, 5.41) is 18.6. The number of aromatic amines is 2. The van der Waals surface area contributed by atoms with Crippen molar-refractivity contribution in [2.45, 2.75) is 18.8 Å². The van der Waals surface area contributed by atoms with Crippen LogP contribution in [0.2, 0.25) is 0 Å². The molecule has 1 saturated heterocycles. The number of carbonyl (C=O) groups is 3. The molecule has 3 amide bonds. The van der Waals surface area contributed by atoms with Gasteiger partial charge in [-0.15, -0.1) is 10.2 Å². The summed E-state index contributed by atoms with van der Waals surface area (Å²) in [6, 6.07) is 10.4. The maximum absolute atomic E-state index is 12.5. The smallest absolute Gasteiger partial charge is 0.272 e. The van der Waals surface area contributed by atoms with E-state index >= 15 is 0 Å². The number of benzene rings is 1. The normalized spacial score (nSPS) is 14.8. The number of amides is 3. The third kappa shape index (κ3) is 3.59. The summed E-state index contributed by atoms with van der Waals surface area (Å²) in [7, 11) is 0. The first-order valence-electron chi connectivity index (χ1n) is 8.25. The summed E-state index contributed by atoms with van der Waals surface area (Å²) in [5.74, 6) is -0.744. The van der Waals surface area contributed by atoms with Crippen LogP contribution in [0.15, 0.2) is 36.4 Å². The van der Waals surface area contributed by atoms with Gasteiger partial charge in [-0.3, -0.25) is 19.7 Å². The van der Waals surface area contributed by atoms with Gasteiger partial charge in [-0.05, 0) is 35.0 Å². The molecule has 0 unspecified atom stereocenters. The molecule has 27 heavy (non-hydrogen) atoms. The maximum Gasteiger partial charge on any atom is 0.272 e. The molecule has 1 fully saturated rings. The Morgan fingerprint density at radius 2 is 1.93 bits per heavy atom. The third-order valence-electron chi connectivity index (χ3n) is 4.28. The van der Waals surface area contributed by atoms with E-state index in [0.717, 1.165) is 5.56 Å². The zero-order valence-corrected chi connectivity index (χ0v) is 14.0. The first kappa shape index (κ1) is 16.6. The Bertz CT molecular complexity index is 993. The fraction of sp³-hybridized carbons (Fsp3) is 0.176. The van der Waals surface area contributed by atoms with Gasteiger partial charge in [-0.1, -0.05) is 12.1 Å². The summed E-state index contributed by atoms with van der Waals surface area (Å²) in [6.07, 6.45) is 0.488. The molecule has 1 aromatic carbocycles. The van der Waals surface area contributed by atoms with Crippen molar-refractivity contribution in [2.75, 3.05) is 5.32 Å². The van der Waals surface area contributed by atoms with Gasteiger partial charge in [0.2, 0.25) is 17.6 Å². The Morgan fingerprint density at radius 3 is 2.67 bits per heavy atom. The first-order valence-corrected chi connectivity index (χ1v) is 8.25. The zero-order chi connectivity index (χ0) is 18.8. The van der Waals surface area contributed by atoms with Crippen LogP contribution in [0, 0.1) is 0 Å². The summed E-state index contributed by atoms with van der Waals surface area (Å²) >= 11 is 0. The van der Waals surface area contributed by atoms with Crippen molar-refractivity contribution in [3.05, 3.63) is 47.7 Å². The number of piperidine rings is 1. The summed E-state index contributed by atoms with van der Waals surface area (Å²) in [5.41, 5.74) is 2.31. The van der Waals surface area contributed by atoms with Crippen molar-refractivity contribution >= 4 is 23.4 Å². The van der Waals surface area contributed by atoms with Crippen molar-refractivity contribution in [1.29, 1.82) is 0 Å². The molecule has 3 aromatic rings. The van der Waals surface area contributed by atoms with Gasteiger partial charge in [0.1, 0.15) is 5.69 Å². The molecule has 0 atom stereocenters. The van der Waals surface area contributed by atoms with E-state index in [-0.39, 0.29) is 36.5 Å². The number of rotatable bonds is 4. The van der Waals surface area contributed by atoms with Crippen LogP contribution in [0.25, 0.3) is 11.5 Å². The van der Waals surface area contributed by atoms with E-state index in [1.54, 1.807) is 30.3 Å². The molecule has 4 N–H and O–H groups in total.